The van der Waals surface area contributed by atoms with Crippen LogP contribution in [0.3, 0.4) is 0 Å². The standard InChI is InChI=1S/C13H14FNO/c1-13(2,3)12-7-11(16)9-5-4-8(14)6-10(9)15-12/h4-7H,1-3H3,(H,15,16). The Morgan fingerprint density at radius 1 is 1.19 bits per heavy atom. The maximum atomic E-state index is 13.1. The van der Waals surface area contributed by atoms with Gasteiger partial charge in [0.2, 0.25) is 0 Å². The monoisotopic (exact) mass is 219 g/mol. The van der Waals surface area contributed by atoms with Gasteiger partial charge in [0.15, 0.2) is 5.43 Å². The van der Waals surface area contributed by atoms with E-state index in [1.54, 1.807) is 6.07 Å². The van der Waals surface area contributed by atoms with Crippen LogP contribution in [0.1, 0.15) is 26.5 Å². The lowest BCUT2D eigenvalue weighted by Gasteiger charge is -2.18. The van der Waals surface area contributed by atoms with E-state index in [0.717, 1.165) is 5.69 Å². The Hall–Kier alpha value is -1.64. The second kappa shape index (κ2) is 3.44. The molecule has 3 heteroatoms. The summed E-state index contributed by atoms with van der Waals surface area (Å²) in [6, 6.07) is 5.75. The van der Waals surface area contributed by atoms with E-state index in [2.05, 4.69) is 4.98 Å². The third-order valence-corrected chi connectivity index (χ3v) is 2.60. The van der Waals surface area contributed by atoms with E-state index < -0.39 is 0 Å². The number of H-pyrrole nitrogens is 1. The van der Waals surface area contributed by atoms with Crippen molar-refractivity contribution in [3.63, 3.8) is 0 Å². The van der Waals surface area contributed by atoms with E-state index in [4.69, 9.17) is 0 Å². The molecule has 1 aromatic carbocycles. The third-order valence-electron chi connectivity index (χ3n) is 2.60. The van der Waals surface area contributed by atoms with Gasteiger partial charge in [-0.2, -0.15) is 0 Å². The van der Waals surface area contributed by atoms with Gasteiger partial charge in [0, 0.05) is 22.6 Å². The fourth-order valence-corrected chi connectivity index (χ4v) is 1.63. The molecule has 0 aliphatic heterocycles. The van der Waals surface area contributed by atoms with Gasteiger partial charge >= 0.3 is 0 Å². The highest BCUT2D eigenvalue weighted by molar-refractivity contribution is 5.78. The van der Waals surface area contributed by atoms with Crippen molar-refractivity contribution in [3.8, 4) is 0 Å². The predicted octanol–water partition coefficient (Wildman–Crippen LogP) is 2.96. The summed E-state index contributed by atoms with van der Waals surface area (Å²) in [5, 5.41) is 0.523. The van der Waals surface area contributed by atoms with E-state index >= 15 is 0 Å². The Labute approximate surface area is 93.1 Å². The van der Waals surface area contributed by atoms with Crippen LogP contribution in [0.2, 0.25) is 0 Å². The normalized spacial score (nSPS) is 12.0. The highest BCUT2D eigenvalue weighted by Gasteiger charge is 2.16. The van der Waals surface area contributed by atoms with Crippen molar-refractivity contribution in [1.82, 2.24) is 4.98 Å². The molecule has 0 aliphatic carbocycles. The van der Waals surface area contributed by atoms with Gasteiger partial charge in [0.05, 0.1) is 5.52 Å². The first-order valence-electron chi connectivity index (χ1n) is 5.21. The maximum Gasteiger partial charge on any atom is 0.189 e. The minimum atomic E-state index is -0.339. The van der Waals surface area contributed by atoms with Crippen molar-refractivity contribution in [2.24, 2.45) is 0 Å². The van der Waals surface area contributed by atoms with Crippen molar-refractivity contribution in [3.05, 3.63) is 46.0 Å². The number of hydrogen-bond acceptors (Lipinski definition) is 1. The summed E-state index contributed by atoms with van der Waals surface area (Å²) >= 11 is 0. The third kappa shape index (κ3) is 1.85. The number of halogens is 1. The molecule has 0 spiro atoms. The fourth-order valence-electron chi connectivity index (χ4n) is 1.63. The van der Waals surface area contributed by atoms with Crippen LogP contribution in [0.5, 0.6) is 0 Å². The molecule has 1 aromatic heterocycles. The molecule has 2 aromatic rings. The van der Waals surface area contributed by atoms with E-state index in [-0.39, 0.29) is 16.7 Å². The molecule has 2 rings (SSSR count). The first-order chi connectivity index (χ1) is 7.38. The second-order valence-corrected chi connectivity index (χ2v) is 4.99. The maximum absolute atomic E-state index is 13.1. The molecule has 16 heavy (non-hydrogen) atoms. The van der Waals surface area contributed by atoms with Crippen molar-refractivity contribution in [1.29, 1.82) is 0 Å². The molecule has 0 unspecified atom stereocenters. The average molecular weight is 219 g/mol. The summed E-state index contributed by atoms with van der Waals surface area (Å²) < 4.78 is 13.1. The van der Waals surface area contributed by atoms with Crippen LogP contribution >= 0.6 is 0 Å². The summed E-state index contributed by atoms with van der Waals surface area (Å²) in [6.07, 6.45) is 0. The highest BCUT2D eigenvalue weighted by atomic mass is 19.1. The first kappa shape index (κ1) is 10.9. The molecule has 2 nitrogen and oxygen atoms in total. The molecule has 1 N–H and O–H groups in total. The van der Waals surface area contributed by atoms with Gasteiger partial charge in [0.25, 0.3) is 0 Å². The van der Waals surface area contributed by atoms with Crippen LogP contribution in [0.25, 0.3) is 10.9 Å². The minimum absolute atomic E-state index is 0.0707. The van der Waals surface area contributed by atoms with Crippen LogP contribution in [0.15, 0.2) is 29.1 Å². The van der Waals surface area contributed by atoms with Crippen molar-refractivity contribution < 1.29 is 4.39 Å². The molecule has 0 aliphatic rings. The minimum Gasteiger partial charge on any atom is -0.358 e. The zero-order chi connectivity index (χ0) is 11.9. The zero-order valence-corrected chi connectivity index (χ0v) is 9.60. The first-order valence-corrected chi connectivity index (χ1v) is 5.21. The molecule has 0 fully saturated rings. The van der Waals surface area contributed by atoms with Crippen LogP contribution in [0.4, 0.5) is 4.39 Å². The van der Waals surface area contributed by atoms with Crippen LogP contribution in [-0.2, 0) is 5.41 Å². The fraction of sp³-hybridized carbons (Fsp3) is 0.308. The van der Waals surface area contributed by atoms with Gasteiger partial charge in [-0.1, -0.05) is 20.8 Å². The van der Waals surface area contributed by atoms with E-state index in [9.17, 15) is 9.18 Å². The number of pyridine rings is 1. The van der Waals surface area contributed by atoms with E-state index in [1.807, 2.05) is 20.8 Å². The van der Waals surface area contributed by atoms with Crippen molar-refractivity contribution in [2.75, 3.05) is 0 Å². The van der Waals surface area contributed by atoms with Crippen molar-refractivity contribution >= 4 is 10.9 Å². The van der Waals surface area contributed by atoms with Gasteiger partial charge in [-0.05, 0) is 18.2 Å². The lowest BCUT2D eigenvalue weighted by molar-refractivity contribution is 0.570. The molecule has 0 radical (unpaired) electrons. The molecule has 1 heterocycles. The smallest absolute Gasteiger partial charge is 0.189 e. The summed E-state index contributed by atoms with van der Waals surface area (Å²) in [5.74, 6) is -0.339. The molecule has 0 bridgehead atoms. The lowest BCUT2D eigenvalue weighted by Crippen LogP contribution is -2.17. The van der Waals surface area contributed by atoms with Gasteiger partial charge in [0.1, 0.15) is 5.82 Å². The Morgan fingerprint density at radius 3 is 2.50 bits per heavy atom. The summed E-state index contributed by atoms with van der Waals surface area (Å²) in [6.45, 7) is 6.01. The molecule has 0 saturated heterocycles. The topological polar surface area (TPSA) is 32.9 Å². The van der Waals surface area contributed by atoms with Crippen LogP contribution in [0, 0.1) is 5.82 Å². The number of benzene rings is 1. The highest BCUT2D eigenvalue weighted by Crippen LogP contribution is 2.20. The Morgan fingerprint density at radius 2 is 1.88 bits per heavy atom. The number of rotatable bonds is 0. The molecule has 84 valence electrons. The number of aromatic amines is 1. The average Bonchev–Trinajstić information content (AvgIpc) is 2.15. The molecular weight excluding hydrogens is 205 g/mol. The molecule has 0 amide bonds. The van der Waals surface area contributed by atoms with Gasteiger partial charge in [-0.15, -0.1) is 0 Å². The Bertz CT molecular complexity index is 593. The quantitative estimate of drug-likeness (QED) is 0.726. The number of fused-ring (bicyclic) bond motifs is 1. The van der Waals surface area contributed by atoms with Crippen LogP contribution in [-0.4, -0.2) is 4.98 Å². The van der Waals surface area contributed by atoms with Gasteiger partial charge in [-0.3, -0.25) is 4.79 Å². The number of aromatic nitrogens is 1. The number of hydrogen-bond donors (Lipinski definition) is 1. The number of nitrogens with one attached hydrogen (secondary N) is 1. The second-order valence-electron chi connectivity index (χ2n) is 4.99. The van der Waals surface area contributed by atoms with E-state index in [1.165, 1.54) is 18.2 Å². The summed E-state index contributed by atoms with van der Waals surface area (Å²) in [7, 11) is 0. The van der Waals surface area contributed by atoms with E-state index in [0.29, 0.717) is 10.9 Å². The SMILES string of the molecule is CC(C)(C)c1cc(=O)c2ccc(F)cc2[nH]1. The Kier molecular flexibility index (Phi) is 2.34. The van der Waals surface area contributed by atoms with Gasteiger partial charge < -0.3 is 4.98 Å². The Balaban J connectivity index is 2.80. The largest absolute Gasteiger partial charge is 0.358 e. The van der Waals surface area contributed by atoms with Crippen LogP contribution < -0.4 is 5.43 Å². The lowest BCUT2D eigenvalue weighted by atomic mass is 9.91. The molecule has 0 saturated carbocycles. The summed E-state index contributed by atoms with van der Waals surface area (Å²) in [5.41, 5.74) is 1.14. The zero-order valence-electron chi connectivity index (χ0n) is 9.60. The summed E-state index contributed by atoms with van der Waals surface area (Å²) in [4.78, 5) is 14.9. The van der Waals surface area contributed by atoms with Gasteiger partial charge in [-0.25, -0.2) is 4.39 Å². The molecular formula is C13H14FNO. The molecule has 0 atom stereocenters. The van der Waals surface area contributed by atoms with Crippen molar-refractivity contribution in [2.45, 2.75) is 26.2 Å². The predicted molar refractivity (Wildman–Crippen MR) is 63.2 cm³/mol.